The highest BCUT2D eigenvalue weighted by Gasteiger charge is 2.44. The first-order valence-electron chi connectivity index (χ1n) is 8.50. The Bertz CT molecular complexity index is 868. The summed E-state index contributed by atoms with van der Waals surface area (Å²) in [6.45, 7) is -0.585. The number of rotatable bonds is 3. The fourth-order valence-electron chi connectivity index (χ4n) is 2.69. The lowest BCUT2D eigenvalue weighted by molar-refractivity contribution is -0.277. The van der Waals surface area contributed by atoms with Gasteiger partial charge in [-0.1, -0.05) is 11.8 Å². The predicted octanol–water partition coefficient (Wildman–Crippen LogP) is -0.324. The van der Waals surface area contributed by atoms with Gasteiger partial charge in [-0.3, -0.25) is 0 Å². The lowest BCUT2D eigenvalue weighted by atomic mass is 9.99. The third-order valence-corrected chi connectivity index (χ3v) is 4.27. The molecule has 0 radical (unpaired) electrons. The summed E-state index contributed by atoms with van der Waals surface area (Å²) in [7, 11) is 0. The van der Waals surface area contributed by atoms with Gasteiger partial charge < -0.3 is 40.1 Å². The van der Waals surface area contributed by atoms with E-state index in [0.29, 0.717) is 11.1 Å². The van der Waals surface area contributed by atoms with Gasteiger partial charge in [0.15, 0.2) is 0 Å². The van der Waals surface area contributed by atoms with Crippen LogP contribution in [-0.4, -0.2) is 68.0 Å². The molecule has 1 aliphatic heterocycles. The van der Waals surface area contributed by atoms with E-state index in [9.17, 15) is 30.6 Å². The summed E-state index contributed by atoms with van der Waals surface area (Å²) in [5.41, 5.74) is 0.993. The van der Waals surface area contributed by atoms with Crippen molar-refractivity contribution < 1.29 is 40.1 Å². The highest BCUT2D eigenvalue weighted by atomic mass is 16.7. The number of aliphatic hydroxyl groups excluding tert-OH is 4. The Morgan fingerprint density at radius 1 is 0.857 bits per heavy atom. The van der Waals surface area contributed by atoms with Gasteiger partial charge in [-0.15, -0.1) is 0 Å². The van der Waals surface area contributed by atoms with Gasteiger partial charge in [-0.05, 0) is 36.4 Å². The van der Waals surface area contributed by atoms with Crippen molar-refractivity contribution in [1.82, 2.24) is 0 Å². The summed E-state index contributed by atoms with van der Waals surface area (Å²) in [6, 6.07) is 10.4. The molecule has 2 aromatic carbocycles. The molecule has 5 atom stereocenters. The maximum absolute atomic E-state index is 10.1. The van der Waals surface area contributed by atoms with Crippen molar-refractivity contribution in [2.24, 2.45) is 0 Å². The van der Waals surface area contributed by atoms with E-state index in [1.807, 2.05) is 0 Å². The van der Waals surface area contributed by atoms with Gasteiger partial charge >= 0.3 is 0 Å². The van der Waals surface area contributed by atoms with Crippen molar-refractivity contribution in [3.8, 4) is 29.1 Å². The molecule has 0 saturated carbocycles. The van der Waals surface area contributed by atoms with Crippen molar-refractivity contribution in [3.63, 3.8) is 0 Å². The Kier molecular flexibility index (Phi) is 6.04. The third-order valence-electron chi connectivity index (χ3n) is 4.27. The minimum Gasteiger partial charge on any atom is -0.508 e. The van der Waals surface area contributed by atoms with Crippen LogP contribution in [0.25, 0.3) is 0 Å². The predicted molar refractivity (Wildman–Crippen MR) is 96.6 cm³/mol. The smallest absolute Gasteiger partial charge is 0.229 e. The number of phenolic OH excluding ortho intramolecular Hbond substituents is 2. The van der Waals surface area contributed by atoms with Crippen molar-refractivity contribution in [1.29, 1.82) is 0 Å². The van der Waals surface area contributed by atoms with E-state index in [0.717, 1.165) is 0 Å². The van der Waals surface area contributed by atoms with Crippen LogP contribution in [0.3, 0.4) is 0 Å². The molecular formula is C20H20O8. The zero-order chi connectivity index (χ0) is 20.3. The van der Waals surface area contributed by atoms with Crippen LogP contribution in [0.4, 0.5) is 0 Å². The number of hydrogen-bond acceptors (Lipinski definition) is 8. The Labute approximate surface area is 160 Å². The van der Waals surface area contributed by atoms with Crippen LogP contribution in [0.1, 0.15) is 11.1 Å². The summed E-state index contributed by atoms with van der Waals surface area (Å²) in [4.78, 5) is 0. The van der Waals surface area contributed by atoms with Gasteiger partial charge in [0.2, 0.25) is 6.29 Å². The molecule has 148 valence electrons. The molecule has 3 rings (SSSR count). The van der Waals surface area contributed by atoms with E-state index in [-0.39, 0.29) is 17.2 Å². The zero-order valence-electron chi connectivity index (χ0n) is 14.6. The molecule has 28 heavy (non-hydrogen) atoms. The van der Waals surface area contributed by atoms with Crippen LogP contribution in [0.2, 0.25) is 0 Å². The monoisotopic (exact) mass is 388 g/mol. The molecule has 6 N–H and O–H groups in total. The molecule has 1 aliphatic rings. The van der Waals surface area contributed by atoms with E-state index in [1.165, 1.54) is 30.3 Å². The molecule has 0 bridgehead atoms. The van der Waals surface area contributed by atoms with Crippen LogP contribution in [0.5, 0.6) is 17.2 Å². The third kappa shape index (κ3) is 4.36. The second kappa shape index (κ2) is 8.48. The van der Waals surface area contributed by atoms with E-state index in [4.69, 9.17) is 9.47 Å². The molecule has 0 aromatic heterocycles. The van der Waals surface area contributed by atoms with E-state index >= 15 is 0 Å². The van der Waals surface area contributed by atoms with Crippen molar-refractivity contribution in [2.45, 2.75) is 30.7 Å². The maximum Gasteiger partial charge on any atom is 0.229 e. The summed E-state index contributed by atoms with van der Waals surface area (Å²) in [5.74, 6) is 5.81. The molecule has 1 heterocycles. The molecule has 8 heteroatoms. The lowest BCUT2D eigenvalue weighted by Crippen LogP contribution is -2.60. The summed E-state index contributed by atoms with van der Waals surface area (Å²) in [6.07, 6.45) is -7.19. The first-order valence-corrected chi connectivity index (χ1v) is 8.50. The lowest BCUT2D eigenvalue weighted by Gasteiger charge is -2.39. The van der Waals surface area contributed by atoms with Gasteiger partial charge in [-0.25, -0.2) is 0 Å². The van der Waals surface area contributed by atoms with Gasteiger partial charge in [0.1, 0.15) is 41.7 Å². The van der Waals surface area contributed by atoms with Gasteiger partial charge in [-0.2, -0.15) is 0 Å². The fourth-order valence-corrected chi connectivity index (χ4v) is 2.69. The van der Waals surface area contributed by atoms with Crippen molar-refractivity contribution in [3.05, 3.63) is 53.6 Å². The molecule has 1 fully saturated rings. The average Bonchev–Trinajstić information content (AvgIpc) is 2.69. The Balaban J connectivity index is 1.86. The van der Waals surface area contributed by atoms with Gasteiger partial charge in [0.25, 0.3) is 0 Å². The summed E-state index contributed by atoms with van der Waals surface area (Å²) < 4.78 is 10.9. The van der Waals surface area contributed by atoms with Gasteiger partial charge in [0.05, 0.1) is 12.2 Å². The molecule has 8 nitrogen and oxygen atoms in total. The summed E-state index contributed by atoms with van der Waals surface area (Å²) in [5, 5.41) is 58.2. The second-order valence-electron chi connectivity index (χ2n) is 6.29. The minimum absolute atomic E-state index is 0.0793. The SMILES string of the molecule is OCC1OC(Oc2cc(O)ccc2C#Cc2ccc(O)cc2)C(O)C(O)C1O. The maximum atomic E-state index is 10.1. The van der Waals surface area contributed by atoms with Crippen LogP contribution in [0.15, 0.2) is 42.5 Å². The van der Waals surface area contributed by atoms with Crippen LogP contribution >= 0.6 is 0 Å². The molecule has 0 aliphatic carbocycles. The number of hydrogen-bond donors (Lipinski definition) is 6. The standard InChI is InChI=1S/C20H20O8/c21-10-16-17(24)18(25)19(26)20(28-16)27-15-9-14(23)8-5-12(15)4-1-11-2-6-13(22)7-3-11/h2-3,5-9,16-26H,10H2. The zero-order valence-corrected chi connectivity index (χ0v) is 14.6. The first kappa shape index (κ1) is 19.9. The molecule has 5 unspecified atom stereocenters. The topological polar surface area (TPSA) is 140 Å². The van der Waals surface area contributed by atoms with E-state index in [2.05, 4.69) is 11.8 Å². The first-order chi connectivity index (χ1) is 13.4. The fraction of sp³-hybridized carbons (Fsp3) is 0.300. The highest BCUT2D eigenvalue weighted by Crippen LogP contribution is 2.29. The molecular weight excluding hydrogens is 368 g/mol. The van der Waals surface area contributed by atoms with E-state index in [1.54, 1.807) is 12.1 Å². The van der Waals surface area contributed by atoms with E-state index < -0.39 is 37.3 Å². The largest absolute Gasteiger partial charge is 0.508 e. The number of ether oxygens (including phenoxy) is 2. The van der Waals surface area contributed by atoms with Crippen LogP contribution in [0, 0.1) is 11.8 Å². The molecule has 0 spiro atoms. The van der Waals surface area contributed by atoms with Gasteiger partial charge in [0, 0.05) is 11.6 Å². The average molecular weight is 388 g/mol. The van der Waals surface area contributed by atoms with Crippen LogP contribution < -0.4 is 4.74 Å². The second-order valence-corrected chi connectivity index (χ2v) is 6.29. The Hall–Kier alpha value is -2.80. The minimum atomic E-state index is -1.59. The Morgan fingerprint density at radius 2 is 1.54 bits per heavy atom. The normalized spacial score (nSPS) is 26.9. The van der Waals surface area contributed by atoms with Crippen LogP contribution in [-0.2, 0) is 4.74 Å². The van der Waals surface area contributed by atoms with Crippen molar-refractivity contribution in [2.75, 3.05) is 6.61 Å². The highest BCUT2D eigenvalue weighted by molar-refractivity contribution is 5.52. The molecule has 0 amide bonds. The quantitative estimate of drug-likeness (QED) is 0.393. The number of aliphatic hydroxyl groups is 4. The molecule has 2 aromatic rings. The number of aromatic hydroxyl groups is 2. The Morgan fingerprint density at radius 3 is 2.21 bits per heavy atom. The summed E-state index contributed by atoms with van der Waals surface area (Å²) >= 11 is 0. The molecule has 1 saturated heterocycles. The van der Waals surface area contributed by atoms with Crippen molar-refractivity contribution >= 4 is 0 Å². The number of phenols is 2. The number of benzene rings is 2.